The van der Waals surface area contributed by atoms with Gasteiger partial charge in [-0.1, -0.05) is 0 Å². The summed E-state index contributed by atoms with van der Waals surface area (Å²) in [5.74, 6) is 1.34. The summed E-state index contributed by atoms with van der Waals surface area (Å²) in [7, 11) is 0. The average Bonchev–Trinajstić information content (AvgIpc) is 2.97. The summed E-state index contributed by atoms with van der Waals surface area (Å²) < 4.78 is 5.33. The molecule has 0 bridgehead atoms. The van der Waals surface area contributed by atoms with Crippen molar-refractivity contribution >= 4 is 17.7 Å². The van der Waals surface area contributed by atoms with Gasteiger partial charge < -0.3 is 20.7 Å². The summed E-state index contributed by atoms with van der Waals surface area (Å²) in [6, 6.07) is 1.88. The van der Waals surface area contributed by atoms with Gasteiger partial charge in [0, 0.05) is 38.0 Å². The second kappa shape index (κ2) is 7.78. The normalized spacial score (nSPS) is 17.5. The molecule has 1 atom stereocenters. The highest BCUT2D eigenvalue weighted by Gasteiger charge is 2.22. The summed E-state index contributed by atoms with van der Waals surface area (Å²) >= 11 is 0. The molecule has 21 heavy (non-hydrogen) atoms. The van der Waals surface area contributed by atoms with Crippen molar-refractivity contribution in [1.29, 1.82) is 0 Å². The molecule has 2 rings (SSSR count). The number of aryl methyl sites for hydroxylation is 1. The Morgan fingerprint density at radius 1 is 1.38 bits per heavy atom. The van der Waals surface area contributed by atoms with Crippen LogP contribution < -0.4 is 16.0 Å². The Bertz CT molecular complexity index is 474. The quantitative estimate of drug-likeness (QED) is 0.648. The topological polar surface area (TPSA) is 88.2 Å². The van der Waals surface area contributed by atoms with Crippen LogP contribution in [0.5, 0.6) is 0 Å². The highest BCUT2D eigenvalue weighted by molar-refractivity contribution is 5.80. The Hall–Kier alpha value is -1.89. The molecule has 116 valence electrons. The fraction of sp³-hybridized carbons (Fsp3) is 0.643. The SMILES string of the molecule is CCNc1nc(C)cc(NCCNC(=O)C2CCCO2)n1. The van der Waals surface area contributed by atoms with Crippen molar-refractivity contribution in [3.05, 3.63) is 11.8 Å². The number of aromatic nitrogens is 2. The Morgan fingerprint density at radius 2 is 2.24 bits per heavy atom. The van der Waals surface area contributed by atoms with Crippen molar-refractivity contribution in [2.45, 2.75) is 32.8 Å². The molecule has 1 amide bonds. The minimum Gasteiger partial charge on any atom is -0.368 e. The zero-order valence-electron chi connectivity index (χ0n) is 12.6. The van der Waals surface area contributed by atoms with Gasteiger partial charge in [-0.3, -0.25) is 4.79 Å². The van der Waals surface area contributed by atoms with Gasteiger partial charge in [0.15, 0.2) is 0 Å². The summed E-state index contributed by atoms with van der Waals surface area (Å²) in [6.07, 6.45) is 1.51. The van der Waals surface area contributed by atoms with E-state index in [0.29, 0.717) is 25.6 Å². The van der Waals surface area contributed by atoms with E-state index >= 15 is 0 Å². The third kappa shape index (κ3) is 4.86. The lowest BCUT2D eigenvalue weighted by Crippen LogP contribution is -2.36. The first-order chi connectivity index (χ1) is 10.2. The zero-order valence-corrected chi connectivity index (χ0v) is 12.6. The van der Waals surface area contributed by atoms with Crippen molar-refractivity contribution in [3.8, 4) is 0 Å². The average molecular weight is 293 g/mol. The molecule has 7 nitrogen and oxygen atoms in total. The summed E-state index contributed by atoms with van der Waals surface area (Å²) in [4.78, 5) is 20.4. The predicted molar refractivity (Wildman–Crippen MR) is 81.4 cm³/mol. The van der Waals surface area contributed by atoms with Crippen LogP contribution in [0.2, 0.25) is 0 Å². The van der Waals surface area contributed by atoms with Crippen molar-refractivity contribution < 1.29 is 9.53 Å². The number of hydrogen-bond acceptors (Lipinski definition) is 6. The van der Waals surface area contributed by atoms with Gasteiger partial charge in [0.05, 0.1) is 0 Å². The number of hydrogen-bond donors (Lipinski definition) is 3. The largest absolute Gasteiger partial charge is 0.368 e. The van der Waals surface area contributed by atoms with E-state index < -0.39 is 0 Å². The Labute approximate surface area is 124 Å². The molecular formula is C14H23N5O2. The second-order valence-corrected chi connectivity index (χ2v) is 4.97. The van der Waals surface area contributed by atoms with E-state index in [9.17, 15) is 4.79 Å². The maximum atomic E-state index is 11.8. The Morgan fingerprint density at radius 3 is 2.95 bits per heavy atom. The van der Waals surface area contributed by atoms with E-state index in [4.69, 9.17) is 4.74 Å². The maximum absolute atomic E-state index is 11.8. The molecule has 0 aromatic carbocycles. The van der Waals surface area contributed by atoms with Crippen LogP contribution in [0.15, 0.2) is 6.07 Å². The smallest absolute Gasteiger partial charge is 0.249 e. The van der Waals surface area contributed by atoms with Crippen LogP contribution in [0.1, 0.15) is 25.5 Å². The maximum Gasteiger partial charge on any atom is 0.249 e. The first kappa shape index (κ1) is 15.5. The van der Waals surface area contributed by atoms with Crippen LogP contribution in [-0.2, 0) is 9.53 Å². The number of anilines is 2. The lowest BCUT2D eigenvalue weighted by atomic mass is 10.2. The minimum absolute atomic E-state index is 0.0264. The standard InChI is InChI=1S/C14H23N5O2/c1-3-15-14-18-10(2)9-12(19-14)16-6-7-17-13(20)11-5-4-8-21-11/h9,11H,3-8H2,1-2H3,(H,17,20)(H2,15,16,18,19). The lowest BCUT2D eigenvalue weighted by molar-refractivity contribution is -0.129. The van der Waals surface area contributed by atoms with Crippen molar-refractivity contribution in [2.75, 3.05) is 36.9 Å². The molecule has 3 N–H and O–H groups in total. The molecule has 1 aliphatic rings. The molecule has 1 aromatic rings. The highest BCUT2D eigenvalue weighted by Crippen LogP contribution is 2.11. The van der Waals surface area contributed by atoms with Gasteiger partial charge in [-0.25, -0.2) is 4.98 Å². The molecule has 2 heterocycles. The van der Waals surface area contributed by atoms with Gasteiger partial charge in [-0.2, -0.15) is 4.98 Å². The molecule has 1 unspecified atom stereocenters. The van der Waals surface area contributed by atoms with E-state index in [-0.39, 0.29) is 12.0 Å². The molecule has 1 saturated heterocycles. The van der Waals surface area contributed by atoms with Crippen molar-refractivity contribution in [1.82, 2.24) is 15.3 Å². The van der Waals surface area contributed by atoms with Gasteiger partial charge in [-0.15, -0.1) is 0 Å². The molecule has 0 spiro atoms. The van der Waals surface area contributed by atoms with E-state index in [1.54, 1.807) is 0 Å². The number of nitrogens with zero attached hydrogens (tertiary/aromatic N) is 2. The molecule has 1 fully saturated rings. The van der Waals surface area contributed by atoms with Crippen LogP contribution in [0.3, 0.4) is 0 Å². The monoisotopic (exact) mass is 293 g/mol. The number of carbonyl (C=O) groups is 1. The van der Waals surface area contributed by atoms with Gasteiger partial charge >= 0.3 is 0 Å². The predicted octanol–water partition coefficient (Wildman–Crippen LogP) is 0.924. The molecule has 0 saturated carbocycles. The molecule has 1 aromatic heterocycles. The number of carbonyl (C=O) groups excluding carboxylic acids is 1. The van der Waals surface area contributed by atoms with E-state index in [0.717, 1.165) is 30.9 Å². The van der Waals surface area contributed by atoms with Gasteiger partial charge in [-0.05, 0) is 26.7 Å². The Balaban J connectivity index is 1.74. The van der Waals surface area contributed by atoms with Crippen molar-refractivity contribution in [2.24, 2.45) is 0 Å². The number of rotatable bonds is 7. The number of amides is 1. The number of nitrogens with one attached hydrogen (secondary N) is 3. The zero-order chi connectivity index (χ0) is 15.1. The van der Waals surface area contributed by atoms with E-state index in [2.05, 4.69) is 25.9 Å². The molecule has 1 aliphatic heterocycles. The Kier molecular flexibility index (Phi) is 5.74. The molecular weight excluding hydrogens is 270 g/mol. The molecule has 0 aliphatic carbocycles. The number of ether oxygens (including phenoxy) is 1. The fourth-order valence-electron chi connectivity index (χ4n) is 2.17. The lowest BCUT2D eigenvalue weighted by Gasteiger charge is -2.12. The summed E-state index contributed by atoms with van der Waals surface area (Å²) in [6.45, 7) is 6.54. The first-order valence-electron chi connectivity index (χ1n) is 7.41. The third-order valence-electron chi connectivity index (χ3n) is 3.14. The van der Waals surface area contributed by atoms with Gasteiger partial charge in [0.25, 0.3) is 0 Å². The highest BCUT2D eigenvalue weighted by atomic mass is 16.5. The van der Waals surface area contributed by atoms with Crippen LogP contribution in [0.25, 0.3) is 0 Å². The van der Waals surface area contributed by atoms with Gasteiger partial charge in [0.1, 0.15) is 11.9 Å². The van der Waals surface area contributed by atoms with Crippen LogP contribution in [-0.4, -0.2) is 48.2 Å². The molecule has 7 heteroatoms. The fourth-order valence-corrected chi connectivity index (χ4v) is 2.17. The minimum atomic E-state index is -0.272. The van der Waals surface area contributed by atoms with E-state index in [1.165, 1.54) is 0 Å². The van der Waals surface area contributed by atoms with Crippen LogP contribution >= 0.6 is 0 Å². The molecule has 0 radical (unpaired) electrons. The first-order valence-corrected chi connectivity index (χ1v) is 7.41. The summed E-state index contributed by atoms with van der Waals surface area (Å²) in [5, 5.41) is 9.13. The van der Waals surface area contributed by atoms with Crippen LogP contribution in [0, 0.1) is 6.92 Å². The summed E-state index contributed by atoms with van der Waals surface area (Å²) in [5.41, 5.74) is 0.895. The van der Waals surface area contributed by atoms with E-state index in [1.807, 2.05) is 19.9 Å². The third-order valence-corrected chi connectivity index (χ3v) is 3.14. The van der Waals surface area contributed by atoms with Crippen molar-refractivity contribution in [3.63, 3.8) is 0 Å². The van der Waals surface area contributed by atoms with Gasteiger partial charge in [0.2, 0.25) is 11.9 Å². The van der Waals surface area contributed by atoms with Crippen LogP contribution in [0.4, 0.5) is 11.8 Å². The second-order valence-electron chi connectivity index (χ2n) is 4.97.